The summed E-state index contributed by atoms with van der Waals surface area (Å²) >= 11 is 0. The van der Waals surface area contributed by atoms with E-state index in [-0.39, 0.29) is 12.5 Å². The molecule has 1 fully saturated rings. The number of methoxy groups -OCH3 is 1. The highest BCUT2D eigenvalue weighted by atomic mass is 16.5. The van der Waals surface area contributed by atoms with Crippen molar-refractivity contribution in [2.45, 2.75) is 45.1 Å². The summed E-state index contributed by atoms with van der Waals surface area (Å²) < 4.78 is 11.0. The van der Waals surface area contributed by atoms with Crippen LogP contribution in [0.3, 0.4) is 0 Å². The van der Waals surface area contributed by atoms with Crippen LogP contribution >= 0.6 is 0 Å². The molecular formula is C18H28N2O4. The summed E-state index contributed by atoms with van der Waals surface area (Å²) in [6, 6.07) is 7.07. The van der Waals surface area contributed by atoms with Crippen LogP contribution in [0.5, 0.6) is 5.75 Å². The summed E-state index contributed by atoms with van der Waals surface area (Å²) in [5, 5.41) is 10.2. The van der Waals surface area contributed by atoms with Gasteiger partial charge in [-0.1, -0.05) is 26.0 Å². The highest BCUT2D eigenvalue weighted by Crippen LogP contribution is 2.19. The molecule has 1 aromatic rings. The predicted molar refractivity (Wildman–Crippen MR) is 91.6 cm³/mol. The standard InChI is InChI=1S/C18H28N2O4/c1-12(2)7-15(19)18(22)20-9-16(21)17(10-20)24-11-13-5-4-6-14(8-13)23-3/h4-6,8,12,15-17,21H,7,9-11,19H2,1-3H3/t15-,16?,17?/m1/s1. The highest BCUT2D eigenvalue weighted by molar-refractivity contribution is 5.82. The van der Waals surface area contributed by atoms with E-state index in [0.29, 0.717) is 25.5 Å². The summed E-state index contributed by atoms with van der Waals surface area (Å²) in [6.45, 7) is 5.07. The number of aliphatic hydroxyl groups is 1. The number of carbonyl (C=O) groups is 1. The molecule has 0 aliphatic carbocycles. The van der Waals surface area contributed by atoms with Gasteiger partial charge in [-0.25, -0.2) is 0 Å². The van der Waals surface area contributed by atoms with Gasteiger partial charge in [0.15, 0.2) is 0 Å². The molecule has 6 nitrogen and oxygen atoms in total. The lowest BCUT2D eigenvalue weighted by molar-refractivity contribution is -0.132. The second-order valence-corrected chi connectivity index (χ2v) is 6.75. The van der Waals surface area contributed by atoms with Gasteiger partial charge in [0.1, 0.15) is 11.9 Å². The van der Waals surface area contributed by atoms with Crippen molar-refractivity contribution in [2.75, 3.05) is 20.2 Å². The minimum atomic E-state index is -0.689. The van der Waals surface area contributed by atoms with E-state index < -0.39 is 18.2 Å². The highest BCUT2D eigenvalue weighted by Gasteiger charge is 2.36. The monoisotopic (exact) mass is 336 g/mol. The molecule has 1 heterocycles. The van der Waals surface area contributed by atoms with Crippen molar-refractivity contribution in [3.05, 3.63) is 29.8 Å². The van der Waals surface area contributed by atoms with Crippen molar-refractivity contribution in [1.82, 2.24) is 4.90 Å². The number of ether oxygens (including phenoxy) is 2. The Hall–Kier alpha value is -1.63. The molecule has 1 aromatic carbocycles. The van der Waals surface area contributed by atoms with E-state index in [4.69, 9.17) is 15.2 Å². The van der Waals surface area contributed by atoms with Crippen molar-refractivity contribution in [3.63, 3.8) is 0 Å². The zero-order valence-electron chi connectivity index (χ0n) is 14.6. The first-order valence-corrected chi connectivity index (χ1v) is 8.37. The lowest BCUT2D eigenvalue weighted by Crippen LogP contribution is -2.43. The number of hydrogen-bond donors (Lipinski definition) is 2. The summed E-state index contributed by atoms with van der Waals surface area (Å²) in [6.07, 6.45) is -0.446. The Morgan fingerprint density at radius 1 is 1.42 bits per heavy atom. The van der Waals surface area contributed by atoms with E-state index in [0.717, 1.165) is 11.3 Å². The molecular weight excluding hydrogens is 308 g/mol. The van der Waals surface area contributed by atoms with Gasteiger partial charge in [0, 0.05) is 13.1 Å². The van der Waals surface area contributed by atoms with Crippen LogP contribution in [-0.2, 0) is 16.1 Å². The van der Waals surface area contributed by atoms with E-state index in [1.807, 2.05) is 38.1 Å². The van der Waals surface area contributed by atoms with E-state index in [1.54, 1.807) is 12.0 Å². The van der Waals surface area contributed by atoms with E-state index in [1.165, 1.54) is 0 Å². The third-order valence-corrected chi connectivity index (χ3v) is 4.19. The normalized spacial score (nSPS) is 22.0. The fraction of sp³-hybridized carbons (Fsp3) is 0.611. The maximum Gasteiger partial charge on any atom is 0.239 e. The molecule has 3 atom stereocenters. The van der Waals surface area contributed by atoms with E-state index in [2.05, 4.69) is 0 Å². The predicted octanol–water partition coefficient (Wildman–Crippen LogP) is 1.16. The fourth-order valence-electron chi connectivity index (χ4n) is 2.91. The second kappa shape index (κ2) is 8.46. The van der Waals surface area contributed by atoms with Gasteiger partial charge in [0.05, 0.1) is 25.9 Å². The van der Waals surface area contributed by atoms with Gasteiger partial charge in [0.25, 0.3) is 0 Å². The van der Waals surface area contributed by atoms with Crippen LogP contribution in [0.2, 0.25) is 0 Å². The quantitative estimate of drug-likeness (QED) is 0.780. The Morgan fingerprint density at radius 3 is 2.83 bits per heavy atom. The number of amides is 1. The molecule has 6 heteroatoms. The van der Waals surface area contributed by atoms with Crippen molar-refractivity contribution in [1.29, 1.82) is 0 Å². The lowest BCUT2D eigenvalue weighted by Gasteiger charge is -2.21. The molecule has 0 radical (unpaired) electrons. The van der Waals surface area contributed by atoms with Gasteiger partial charge < -0.3 is 25.2 Å². The Labute approximate surface area is 143 Å². The summed E-state index contributed by atoms with van der Waals surface area (Å²) in [4.78, 5) is 14.0. The lowest BCUT2D eigenvalue weighted by atomic mass is 10.0. The first-order chi connectivity index (χ1) is 11.4. The Kier molecular flexibility index (Phi) is 6.60. The average Bonchev–Trinajstić information content (AvgIpc) is 2.92. The van der Waals surface area contributed by atoms with Crippen LogP contribution in [0.25, 0.3) is 0 Å². The molecule has 24 heavy (non-hydrogen) atoms. The summed E-state index contributed by atoms with van der Waals surface area (Å²) in [5.41, 5.74) is 6.92. The van der Waals surface area contributed by atoms with E-state index in [9.17, 15) is 9.90 Å². The number of likely N-dealkylation sites (tertiary alicyclic amines) is 1. The van der Waals surface area contributed by atoms with Crippen LogP contribution in [-0.4, -0.2) is 54.4 Å². The molecule has 3 N–H and O–H groups in total. The molecule has 0 aromatic heterocycles. The number of rotatable bonds is 7. The van der Waals surface area contributed by atoms with Gasteiger partial charge in [-0.2, -0.15) is 0 Å². The van der Waals surface area contributed by atoms with Gasteiger partial charge in [0.2, 0.25) is 5.91 Å². The first kappa shape index (κ1) is 18.7. The molecule has 1 saturated heterocycles. The molecule has 0 spiro atoms. The average molecular weight is 336 g/mol. The number of nitrogens with zero attached hydrogens (tertiary/aromatic N) is 1. The number of carbonyl (C=O) groups excluding carboxylic acids is 1. The fourth-order valence-corrected chi connectivity index (χ4v) is 2.91. The molecule has 0 saturated carbocycles. The first-order valence-electron chi connectivity index (χ1n) is 8.37. The smallest absolute Gasteiger partial charge is 0.239 e. The van der Waals surface area contributed by atoms with E-state index >= 15 is 0 Å². The molecule has 1 aliphatic rings. The Balaban J connectivity index is 1.87. The van der Waals surface area contributed by atoms with Crippen LogP contribution < -0.4 is 10.5 Å². The van der Waals surface area contributed by atoms with Gasteiger partial charge >= 0.3 is 0 Å². The number of β-amino-alcohol motifs (C(OH)–C–C–N with tert-alkyl or cyclic N) is 1. The van der Waals surface area contributed by atoms with Crippen LogP contribution in [0.1, 0.15) is 25.8 Å². The number of hydrogen-bond acceptors (Lipinski definition) is 5. The maximum absolute atomic E-state index is 12.3. The van der Waals surface area contributed by atoms with Crippen LogP contribution in [0, 0.1) is 5.92 Å². The summed E-state index contributed by atoms with van der Waals surface area (Å²) in [7, 11) is 1.62. The maximum atomic E-state index is 12.3. The van der Waals surface area contributed by atoms with Crippen molar-refractivity contribution < 1.29 is 19.4 Å². The SMILES string of the molecule is COc1cccc(COC2CN(C(=O)[C@H](N)CC(C)C)CC2O)c1. The molecule has 1 amide bonds. The van der Waals surface area contributed by atoms with Crippen LogP contribution in [0.15, 0.2) is 24.3 Å². The van der Waals surface area contributed by atoms with Gasteiger partial charge in [-0.15, -0.1) is 0 Å². The number of nitrogens with two attached hydrogens (primary N) is 1. The Bertz CT molecular complexity index is 550. The van der Waals surface area contributed by atoms with Gasteiger partial charge in [-0.3, -0.25) is 4.79 Å². The third-order valence-electron chi connectivity index (χ3n) is 4.19. The minimum Gasteiger partial charge on any atom is -0.497 e. The second-order valence-electron chi connectivity index (χ2n) is 6.75. The number of benzene rings is 1. The zero-order chi connectivity index (χ0) is 17.7. The zero-order valence-corrected chi connectivity index (χ0v) is 14.6. The minimum absolute atomic E-state index is 0.116. The van der Waals surface area contributed by atoms with Gasteiger partial charge in [-0.05, 0) is 30.0 Å². The molecule has 1 aliphatic heterocycles. The van der Waals surface area contributed by atoms with Crippen molar-refractivity contribution in [3.8, 4) is 5.75 Å². The third kappa shape index (κ3) is 4.93. The topological polar surface area (TPSA) is 85.0 Å². The Morgan fingerprint density at radius 2 is 2.17 bits per heavy atom. The molecule has 134 valence electrons. The van der Waals surface area contributed by atoms with Crippen LogP contribution in [0.4, 0.5) is 0 Å². The van der Waals surface area contributed by atoms with Crippen molar-refractivity contribution >= 4 is 5.91 Å². The largest absolute Gasteiger partial charge is 0.497 e. The number of aliphatic hydroxyl groups excluding tert-OH is 1. The van der Waals surface area contributed by atoms with Crippen molar-refractivity contribution in [2.24, 2.45) is 11.7 Å². The molecule has 2 rings (SSSR count). The summed E-state index contributed by atoms with van der Waals surface area (Å²) in [5.74, 6) is 1.01. The molecule has 2 unspecified atom stereocenters. The molecule has 0 bridgehead atoms.